The number of amides is 2. The van der Waals surface area contributed by atoms with E-state index in [1.54, 1.807) is 6.08 Å². The maximum absolute atomic E-state index is 12.6. The molecule has 0 heterocycles. The van der Waals surface area contributed by atoms with Gasteiger partial charge in [0.15, 0.2) is 0 Å². The fraction of sp³-hybridized carbons (Fsp3) is 0.393. The van der Waals surface area contributed by atoms with Crippen molar-refractivity contribution in [3.05, 3.63) is 72.3 Å². The summed E-state index contributed by atoms with van der Waals surface area (Å²) in [5, 5.41) is 14.2. The highest BCUT2D eigenvalue weighted by molar-refractivity contribution is 5.86. The third-order valence-electron chi connectivity index (χ3n) is 6.22. The summed E-state index contributed by atoms with van der Waals surface area (Å²) in [5.41, 5.74) is 4.57. The molecule has 0 saturated carbocycles. The van der Waals surface area contributed by atoms with E-state index in [4.69, 9.17) is 9.84 Å². The minimum Gasteiger partial charge on any atom is -0.481 e. The van der Waals surface area contributed by atoms with Crippen molar-refractivity contribution in [2.45, 2.75) is 56.9 Å². The zero-order valence-corrected chi connectivity index (χ0v) is 20.0. The van der Waals surface area contributed by atoms with Crippen LogP contribution in [0.3, 0.4) is 0 Å². The molecule has 0 aliphatic heterocycles. The molecule has 0 fully saturated rings. The molecule has 2 aromatic rings. The summed E-state index contributed by atoms with van der Waals surface area (Å²) in [6, 6.07) is 15.5. The van der Waals surface area contributed by atoms with E-state index in [1.807, 2.05) is 24.3 Å². The Balaban J connectivity index is 1.44. The molecule has 3 N–H and O–H groups in total. The van der Waals surface area contributed by atoms with E-state index in [0.717, 1.165) is 47.9 Å². The first kappa shape index (κ1) is 26.0. The van der Waals surface area contributed by atoms with Gasteiger partial charge < -0.3 is 20.5 Å². The Morgan fingerprint density at radius 2 is 1.54 bits per heavy atom. The average molecular weight is 479 g/mol. The number of benzene rings is 2. The van der Waals surface area contributed by atoms with Crippen LogP contribution in [-0.2, 0) is 14.3 Å². The van der Waals surface area contributed by atoms with E-state index in [2.05, 4.69) is 41.5 Å². The van der Waals surface area contributed by atoms with Gasteiger partial charge >= 0.3 is 12.1 Å². The van der Waals surface area contributed by atoms with Crippen LogP contribution in [-0.4, -0.2) is 42.3 Å². The van der Waals surface area contributed by atoms with Gasteiger partial charge in [-0.3, -0.25) is 9.59 Å². The zero-order chi connectivity index (χ0) is 25.0. The normalized spacial score (nSPS) is 12.8. The monoisotopic (exact) mass is 478 g/mol. The smallest absolute Gasteiger partial charge is 0.407 e. The quantitative estimate of drug-likeness (QED) is 0.261. The molecular formula is C28H34N2O5. The Kier molecular flexibility index (Phi) is 9.90. The van der Waals surface area contributed by atoms with Crippen molar-refractivity contribution in [1.82, 2.24) is 10.6 Å². The zero-order valence-electron chi connectivity index (χ0n) is 20.0. The summed E-state index contributed by atoms with van der Waals surface area (Å²) in [5.74, 6) is -1.09. The van der Waals surface area contributed by atoms with Gasteiger partial charge in [0, 0.05) is 18.9 Å². The fourth-order valence-electron chi connectivity index (χ4n) is 4.45. The van der Waals surface area contributed by atoms with Gasteiger partial charge in [-0.1, -0.05) is 73.9 Å². The molecule has 0 saturated heterocycles. The molecule has 1 aliphatic rings. The van der Waals surface area contributed by atoms with Crippen LogP contribution in [0.4, 0.5) is 4.79 Å². The molecule has 0 aromatic heterocycles. The van der Waals surface area contributed by atoms with Crippen LogP contribution in [0.5, 0.6) is 0 Å². The highest BCUT2D eigenvalue weighted by atomic mass is 16.5. The Morgan fingerprint density at radius 1 is 0.943 bits per heavy atom. The second-order valence-corrected chi connectivity index (χ2v) is 8.75. The molecule has 0 bridgehead atoms. The molecule has 3 rings (SSSR count). The van der Waals surface area contributed by atoms with Crippen LogP contribution in [0.2, 0.25) is 0 Å². The van der Waals surface area contributed by atoms with Crippen molar-refractivity contribution in [1.29, 1.82) is 0 Å². The number of alkyl carbamates (subject to hydrolysis) is 1. The first-order chi connectivity index (χ1) is 17.0. The molecular weight excluding hydrogens is 444 g/mol. The molecule has 0 spiro atoms. The van der Waals surface area contributed by atoms with Gasteiger partial charge in [-0.05, 0) is 41.5 Å². The lowest BCUT2D eigenvalue weighted by atomic mass is 9.98. The number of aliphatic carboxylic acids is 1. The number of hydrogen-bond acceptors (Lipinski definition) is 4. The third-order valence-corrected chi connectivity index (χ3v) is 6.22. The first-order valence-electron chi connectivity index (χ1n) is 12.2. The number of ether oxygens (including phenoxy) is 1. The minimum atomic E-state index is -0.769. The van der Waals surface area contributed by atoms with E-state index < -0.39 is 18.1 Å². The molecule has 2 aromatic carbocycles. The number of hydrogen-bond donors (Lipinski definition) is 3. The maximum atomic E-state index is 12.6. The van der Waals surface area contributed by atoms with Crippen molar-refractivity contribution in [3.8, 4) is 11.1 Å². The number of nitrogens with one attached hydrogen (secondary N) is 2. The van der Waals surface area contributed by atoms with Gasteiger partial charge in [0.1, 0.15) is 12.6 Å². The summed E-state index contributed by atoms with van der Waals surface area (Å²) in [6.07, 6.45) is 5.62. The second-order valence-electron chi connectivity index (χ2n) is 8.75. The van der Waals surface area contributed by atoms with Gasteiger partial charge in [-0.15, -0.1) is 6.58 Å². The summed E-state index contributed by atoms with van der Waals surface area (Å²) < 4.78 is 5.56. The van der Waals surface area contributed by atoms with Crippen molar-refractivity contribution in [2.75, 3.05) is 13.2 Å². The van der Waals surface area contributed by atoms with Crippen molar-refractivity contribution in [3.63, 3.8) is 0 Å². The summed E-state index contributed by atoms with van der Waals surface area (Å²) in [7, 11) is 0. The van der Waals surface area contributed by atoms with E-state index in [-0.39, 0.29) is 24.9 Å². The first-order valence-corrected chi connectivity index (χ1v) is 12.2. The highest BCUT2D eigenvalue weighted by Crippen LogP contribution is 2.44. The summed E-state index contributed by atoms with van der Waals surface area (Å²) in [4.78, 5) is 35.6. The number of carbonyl (C=O) groups is 3. The van der Waals surface area contributed by atoms with Gasteiger partial charge in [0.2, 0.25) is 5.91 Å². The Hall–Kier alpha value is -3.61. The second kappa shape index (κ2) is 13.3. The van der Waals surface area contributed by atoms with Gasteiger partial charge in [-0.2, -0.15) is 0 Å². The lowest BCUT2D eigenvalue weighted by molar-refractivity contribution is -0.137. The number of rotatable bonds is 14. The van der Waals surface area contributed by atoms with Gasteiger partial charge in [0.05, 0.1) is 0 Å². The topological polar surface area (TPSA) is 105 Å². The Morgan fingerprint density at radius 3 is 2.17 bits per heavy atom. The maximum Gasteiger partial charge on any atom is 0.407 e. The Labute approximate surface area is 206 Å². The van der Waals surface area contributed by atoms with Crippen molar-refractivity contribution in [2.24, 2.45) is 0 Å². The van der Waals surface area contributed by atoms with Crippen LogP contribution < -0.4 is 10.6 Å². The molecule has 186 valence electrons. The minimum absolute atomic E-state index is 0.0460. The van der Waals surface area contributed by atoms with Gasteiger partial charge in [-0.25, -0.2) is 4.79 Å². The predicted molar refractivity (Wildman–Crippen MR) is 135 cm³/mol. The number of carboxylic acid groups (broad SMARTS) is 1. The number of unbranched alkanes of at least 4 members (excludes halogenated alkanes) is 4. The van der Waals surface area contributed by atoms with Crippen LogP contribution in [0.25, 0.3) is 11.1 Å². The van der Waals surface area contributed by atoms with Gasteiger partial charge in [0.25, 0.3) is 0 Å². The molecule has 7 nitrogen and oxygen atoms in total. The molecule has 0 radical (unpaired) electrons. The molecule has 7 heteroatoms. The lowest BCUT2D eigenvalue weighted by Crippen LogP contribution is -2.47. The summed E-state index contributed by atoms with van der Waals surface area (Å²) >= 11 is 0. The summed E-state index contributed by atoms with van der Waals surface area (Å²) in [6.45, 7) is 4.37. The Bertz CT molecular complexity index is 990. The number of carbonyl (C=O) groups excluding carboxylic acids is 2. The van der Waals surface area contributed by atoms with Crippen LogP contribution in [0.15, 0.2) is 61.2 Å². The molecule has 35 heavy (non-hydrogen) atoms. The molecule has 2 amide bonds. The predicted octanol–water partition coefficient (Wildman–Crippen LogP) is 5.01. The van der Waals surface area contributed by atoms with E-state index >= 15 is 0 Å². The highest BCUT2D eigenvalue weighted by Gasteiger charge is 2.29. The number of fused-ring (bicyclic) bond motifs is 3. The number of carboxylic acids is 1. The van der Waals surface area contributed by atoms with Crippen LogP contribution in [0.1, 0.15) is 62.0 Å². The molecule has 1 atom stereocenters. The van der Waals surface area contributed by atoms with E-state index in [9.17, 15) is 14.4 Å². The lowest BCUT2D eigenvalue weighted by Gasteiger charge is -2.19. The SMILES string of the molecule is C=CCC(NC(=O)OCC1c2ccccc2-c2ccccc21)C(=O)NCCCCCCCC(=O)O. The molecule has 1 aliphatic carbocycles. The largest absolute Gasteiger partial charge is 0.481 e. The van der Waals surface area contributed by atoms with Crippen LogP contribution >= 0.6 is 0 Å². The molecule has 1 unspecified atom stereocenters. The van der Waals surface area contributed by atoms with E-state index in [0.29, 0.717) is 19.4 Å². The average Bonchev–Trinajstić information content (AvgIpc) is 3.17. The van der Waals surface area contributed by atoms with Crippen molar-refractivity contribution < 1.29 is 24.2 Å². The van der Waals surface area contributed by atoms with Crippen molar-refractivity contribution >= 4 is 18.0 Å². The van der Waals surface area contributed by atoms with E-state index in [1.165, 1.54) is 0 Å². The van der Waals surface area contributed by atoms with Crippen LogP contribution in [0, 0.1) is 0 Å². The standard InChI is InChI=1S/C28H34N2O5/c1-2-12-25(27(33)29-18-11-5-3-4-6-17-26(31)32)30-28(34)35-19-24-22-15-9-7-13-20(22)21-14-8-10-16-23(21)24/h2,7-10,13-16,24-25H,1,3-6,11-12,17-19H2,(H,29,33)(H,30,34)(H,31,32). The third kappa shape index (κ3) is 7.44. The fourth-order valence-corrected chi connectivity index (χ4v) is 4.45.